The molecule has 0 spiro atoms. The Bertz CT molecular complexity index is 461. The van der Waals surface area contributed by atoms with E-state index < -0.39 is 12.1 Å². The first-order chi connectivity index (χ1) is 8.62. The average Bonchev–Trinajstić information content (AvgIpc) is 2.24. The van der Waals surface area contributed by atoms with E-state index in [2.05, 4.69) is 36.7 Å². The fourth-order valence-corrected chi connectivity index (χ4v) is 2.16. The standard InChI is InChI=1S/C15H21BrO3/c1-9(2)13(14(17)18)19-12-7-6-10(16)8-11(12)15(3,4)5/h6-9,13H,1-5H3,(H,17,18). The number of carboxylic acids is 1. The second-order valence-corrected chi connectivity index (χ2v) is 6.93. The van der Waals surface area contributed by atoms with Crippen LogP contribution < -0.4 is 4.74 Å². The SMILES string of the molecule is CC(C)C(Oc1ccc(Br)cc1C(C)(C)C)C(=O)O. The molecule has 1 N–H and O–H groups in total. The Morgan fingerprint density at radius 3 is 2.32 bits per heavy atom. The molecule has 1 unspecified atom stereocenters. The number of rotatable bonds is 4. The maximum Gasteiger partial charge on any atom is 0.345 e. The lowest BCUT2D eigenvalue weighted by atomic mass is 9.86. The van der Waals surface area contributed by atoms with Crippen LogP contribution in [0, 0.1) is 5.92 Å². The predicted octanol–water partition coefficient (Wildman–Crippen LogP) is 4.23. The van der Waals surface area contributed by atoms with Crippen LogP contribution in [0.2, 0.25) is 0 Å². The maximum absolute atomic E-state index is 11.2. The number of benzene rings is 1. The van der Waals surface area contributed by atoms with Gasteiger partial charge in [-0.2, -0.15) is 0 Å². The summed E-state index contributed by atoms with van der Waals surface area (Å²) in [5.74, 6) is -0.386. The van der Waals surface area contributed by atoms with E-state index in [0.717, 1.165) is 10.0 Å². The van der Waals surface area contributed by atoms with Crippen molar-refractivity contribution in [1.29, 1.82) is 0 Å². The van der Waals surface area contributed by atoms with Gasteiger partial charge in [-0.3, -0.25) is 0 Å². The maximum atomic E-state index is 11.2. The van der Waals surface area contributed by atoms with Gasteiger partial charge in [-0.05, 0) is 23.6 Å². The molecule has 0 radical (unpaired) electrons. The van der Waals surface area contributed by atoms with Crippen LogP contribution in [-0.2, 0) is 10.2 Å². The molecule has 1 aromatic carbocycles. The van der Waals surface area contributed by atoms with Crippen LogP contribution in [0.5, 0.6) is 5.75 Å². The quantitative estimate of drug-likeness (QED) is 0.899. The molecule has 0 aliphatic rings. The third-order valence-electron chi connectivity index (χ3n) is 2.85. The van der Waals surface area contributed by atoms with Gasteiger partial charge in [0.2, 0.25) is 0 Å². The van der Waals surface area contributed by atoms with Crippen LogP contribution in [0.3, 0.4) is 0 Å². The summed E-state index contributed by atoms with van der Waals surface area (Å²) in [5.41, 5.74) is 0.882. The normalized spacial score (nSPS) is 13.4. The lowest BCUT2D eigenvalue weighted by Crippen LogP contribution is -2.33. The Labute approximate surface area is 123 Å². The Hall–Kier alpha value is -1.03. The summed E-state index contributed by atoms with van der Waals surface area (Å²) in [5, 5.41) is 9.22. The highest BCUT2D eigenvalue weighted by Crippen LogP contribution is 2.34. The van der Waals surface area contributed by atoms with E-state index in [9.17, 15) is 9.90 Å². The lowest BCUT2D eigenvalue weighted by molar-refractivity contribution is -0.147. The number of hydrogen-bond donors (Lipinski definition) is 1. The molecule has 1 atom stereocenters. The van der Waals surface area contributed by atoms with E-state index >= 15 is 0 Å². The fraction of sp³-hybridized carbons (Fsp3) is 0.533. The highest BCUT2D eigenvalue weighted by atomic mass is 79.9. The van der Waals surface area contributed by atoms with E-state index in [1.807, 2.05) is 32.0 Å². The zero-order valence-electron chi connectivity index (χ0n) is 12.0. The van der Waals surface area contributed by atoms with Crippen LogP contribution in [0.1, 0.15) is 40.2 Å². The number of hydrogen-bond acceptors (Lipinski definition) is 2. The van der Waals surface area contributed by atoms with Crippen molar-refractivity contribution in [3.63, 3.8) is 0 Å². The third kappa shape index (κ3) is 4.23. The number of aliphatic carboxylic acids is 1. The second-order valence-electron chi connectivity index (χ2n) is 6.01. The molecule has 0 fully saturated rings. The first kappa shape index (κ1) is 16.0. The first-order valence-electron chi connectivity index (χ1n) is 6.32. The number of carbonyl (C=O) groups is 1. The topological polar surface area (TPSA) is 46.5 Å². The van der Waals surface area contributed by atoms with Crippen LogP contribution in [0.4, 0.5) is 0 Å². The number of halogens is 1. The van der Waals surface area contributed by atoms with Gasteiger partial charge in [0.05, 0.1) is 0 Å². The predicted molar refractivity (Wildman–Crippen MR) is 79.7 cm³/mol. The average molecular weight is 329 g/mol. The summed E-state index contributed by atoms with van der Waals surface area (Å²) in [6.45, 7) is 9.91. The van der Waals surface area contributed by atoms with Gasteiger partial charge in [0, 0.05) is 16.0 Å². The van der Waals surface area contributed by atoms with Gasteiger partial charge in [-0.15, -0.1) is 0 Å². The zero-order chi connectivity index (χ0) is 14.8. The molecule has 0 saturated heterocycles. The van der Waals surface area contributed by atoms with Gasteiger partial charge >= 0.3 is 5.97 Å². The minimum absolute atomic E-state index is 0.0889. The van der Waals surface area contributed by atoms with Crippen molar-refractivity contribution in [3.05, 3.63) is 28.2 Å². The molecule has 0 aliphatic heterocycles. The van der Waals surface area contributed by atoms with Gasteiger partial charge in [-0.1, -0.05) is 50.5 Å². The molecular formula is C15H21BrO3. The summed E-state index contributed by atoms with van der Waals surface area (Å²) in [6, 6.07) is 5.67. The van der Waals surface area contributed by atoms with Crippen molar-refractivity contribution in [2.24, 2.45) is 5.92 Å². The molecule has 0 heterocycles. The molecule has 1 rings (SSSR count). The van der Waals surface area contributed by atoms with Crippen LogP contribution in [-0.4, -0.2) is 17.2 Å². The van der Waals surface area contributed by atoms with Crippen molar-refractivity contribution in [1.82, 2.24) is 0 Å². The summed E-state index contributed by atoms with van der Waals surface area (Å²) >= 11 is 3.44. The van der Waals surface area contributed by atoms with Crippen molar-refractivity contribution < 1.29 is 14.6 Å². The van der Waals surface area contributed by atoms with Crippen LogP contribution in [0.25, 0.3) is 0 Å². The molecule has 106 valence electrons. The molecule has 0 aliphatic carbocycles. The smallest absolute Gasteiger partial charge is 0.345 e. The summed E-state index contributed by atoms with van der Waals surface area (Å²) < 4.78 is 6.69. The van der Waals surface area contributed by atoms with Gasteiger partial charge in [0.1, 0.15) is 5.75 Å². The number of carboxylic acid groups (broad SMARTS) is 1. The van der Waals surface area contributed by atoms with Gasteiger partial charge in [-0.25, -0.2) is 4.79 Å². The lowest BCUT2D eigenvalue weighted by Gasteiger charge is -2.26. The van der Waals surface area contributed by atoms with Gasteiger partial charge < -0.3 is 9.84 Å². The van der Waals surface area contributed by atoms with Gasteiger partial charge in [0.15, 0.2) is 6.10 Å². The minimum atomic E-state index is -0.933. The fourth-order valence-electron chi connectivity index (χ4n) is 1.80. The van der Waals surface area contributed by atoms with Crippen molar-refractivity contribution >= 4 is 21.9 Å². The molecular weight excluding hydrogens is 308 g/mol. The molecule has 0 aromatic heterocycles. The molecule has 0 saturated carbocycles. The molecule has 19 heavy (non-hydrogen) atoms. The molecule has 0 bridgehead atoms. The summed E-state index contributed by atoms with van der Waals surface area (Å²) in [6.07, 6.45) is -0.831. The first-order valence-corrected chi connectivity index (χ1v) is 7.11. The Kier molecular flexibility index (Phi) is 5.02. The third-order valence-corrected chi connectivity index (χ3v) is 3.35. The second kappa shape index (κ2) is 5.95. The molecule has 4 heteroatoms. The highest BCUT2D eigenvalue weighted by Gasteiger charge is 2.27. The molecule has 1 aromatic rings. The van der Waals surface area contributed by atoms with Crippen molar-refractivity contribution in [2.45, 2.75) is 46.1 Å². The van der Waals surface area contributed by atoms with E-state index in [0.29, 0.717) is 5.75 Å². The number of ether oxygens (including phenoxy) is 1. The Morgan fingerprint density at radius 2 is 1.89 bits per heavy atom. The molecule has 0 amide bonds. The Balaban J connectivity index is 3.17. The van der Waals surface area contributed by atoms with Crippen LogP contribution >= 0.6 is 15.9 Å². The van der Waals surface area contributed by atoms with E-state index in [1.54, 1.807) is 0 Å². The summed E-state index contributed by atoms with van der Waals surface area (Å²) in [7, 11) is 0. The Morgan fingerprint density at radius 1 is 1.32 bits per heavy atom. The zero-order valence-corrected chi connectivity index (χ0v) is 13.6. The van der Waals surface area contributed by atoms with Crippen molar-refractivity contribution in [2.75, 3.05) is 0 Å². The van der Waals surface area contributed by atoms with Gasteiger partial charge in [0.25, 0.3) is 0 Å². The largest absolute Gasteiger partial charge is 0.478 e. The van der Waals surface area contributed by atoms with Crippen LogP contribution in [0.15, 0.2) is 22.7 Å². The van der Waals surface area contributed by atoms with E-state index in [4.69, 9.17) is 4.74 Å². The molecule has 3 nitrogen and oxygen atoms in total. The minimum Gasteiger partial charge on any atom is -0.478 e. The monoisotopic (exact) mass is 328 g/mol. The van der Waals surface area contributed by atoms with Crippen molar-refractivity contribution in [3.8, 4) is 5.75 Å². The van der Waals surface area contributed by atoms with E-state index in [-0.39, 0.29) is 11.3 Å². The highest BCUT2D eigenvalue weighted by molar-refractivity contribution is 9.10. The van der Waals surface area contributed by atoms with E-state index in [1.165, 1.54) is 0 Å². The summed E-state index contributed by atoms with van der Waals surface area (Å²) in [4.78, 5) is 11.2.